The predicted molar refractivity (Wildman–Crippen MR) is 158 cm³/mol. The van der Waals surface area contributed by atoms with Gasteiger partial charge < -0.3 is 77.7 Å². The molecule has 0 N–H and O–H groups in total. The molecule has 0 heterocycles. The van der Waals surface area contributed by atoms with Crippen LogP contribution in [0, 0.1) is 77.7 Å². The van der Waals surface area contributed by atoms with E-state index in [1.807, 2.05) is 0 Å². The Morgan fingerprint density at radius 1 is 0.0909 bits per heavy atom. The molecule has 0 atom stereocenters. The molecule has 0 spiro atoms. The fourth-order valence-electron chi connectivity index (χ4n) is 0. The minimum atomic E-state index is -0.500. The molecule has 110 heavy (non-hydrogen) atoms. The van der Waals surface area contributed by atoms with Crippen molar-refractivity contribution in [3.05, 3.63) is 72.3 Å². The van der Waals surface area contributed by atoms with Gasteiger partial charge in [0.2, 0.25) is 0 Å². The largest absolute Gasteiger partial charge is 0.584 e. The van der Waals surface area contributed by atoms with Gasteiger partial charge in [0.15, 0.2) is 0 Å². The Morgan fingerprint density at radius 3 is 0.0909 bits per heavy atom. The van der Waals surface area contributed by atoms with Gasteiger partial charge in [0, 0.05) is 2650 Å². The first kappa shape index (κ1) is 706. The maximum atomic E-state index is 3.44. The SMILES string of the molecule is CCC.CCC.CCC.CCC.CCC.CCC.[CH2-]C([CH2-])([CH2-])[CH2-].[CH3-].[CH3-].[CH3-].[CH3-].[CH3-].[CH3-].[Y].[Y].[Y].[Y].[Y].[Y].[Y].[Y].[Y].[Y].[Y].[Y].[Y].[Y].[Y].[Y].[Y].[Y].[Y].[Y].[Y].[Y].[Y].[Y].[Y].[Y].[Y].[Y].[Y].[Y].[Y].[Y].[Y].[Y].[Y].[Y].[Y].[Y].[Y].[Y].[Y].[Y].[Y].[Y].[Y].[Y].[Y].[Y].[Y].[Y].[Y].[Y].[Y].[Y].[Y].[Y].[Y].[Y].[Y].[Y].[Y].[Y].[Y].[Y].[Y].[Y].[Y].[Y].[Y].[Y].[Y].[Y].[Y].[Y].[Y].[Y].[Y].[Y].[Y].[Y].[Y]. The van der Waals surface area contributed by atoms with E-state index in [-0.39, 0.29) is 2690 Å². The van der Waals surface area contributed by atoms with Crippen molar-refractivity contribution < 1.29 is 2650 Å². The molecule has 81 heteroatoms. The van der Waals surface area contributed by atoms with E-state index in [1.165, 1.54) is 38.5 Å². The van der Waals surface area contributed by atoms with Gasteiger partial charge in [0.05, 0.1) is 0 Å². The van der Waals surface area contributed by atoms with E-state index < -0.39 is 5.41 Å². The summed E-state index contributed by atoms with van der Waals surface area (Å²) in [5.74, 6) is 0. The third-order valence-electron chi connectivity index (χ3n) is 0. The number of rotatable bonds is 0. The molecule has 0 bridgehead atoms. The van der Waals surface area contributed by atoms with Crippen molar-refractivity contribution in [2.75, 3.05) is 0 Å². The second-order valence-electron chi connectivity index (χ2n) is 5.74. The maximum absolute atomic E-state index is 3.44. The van der Waals surface area contributed by atoms with Gasteiger partial charge in [-0.25, -0.2) is 0 Å². The van der Waals surface area contributed by atoms with E-state index in [1.54, 1.807) is 0 Å². The Kier molecular flexibility index (Phi) is 4830. The topological polar surface area (TPSA) is 0 Å². The van der Waals surface area contributed by atoms with Crippen molar-refractivity contribution >= 4 is 0 Å². The monoisotopic (exact) mass is 7620 g/mol. The number of hydrogen-bond donors (Lipinski definition) is 0. The van der Waals surface area contributed by atoms with Gasteiger partial charge in [-0.15, -0.1) is 0 Å². The van der Waals surface area contributed by atoms with Crippen molar-refractivity contribution in [1.29, 1.82) is 0 Å². The van der Waals surface area contributed by atoms with Gasteiger partial charge in [0.1, 0.15) is 0 Å². The van der Waals surface area contributed by atoms with Gasteiger partial charge in [0.25, 0.3) is 0 Å². The summed E-state index contributed by atoms with van der Waals surface area (Å²) in [4.78, 5) is 0. The summed E-state index contributed by atoms with van der Waals surface area (Å²) in [5.41, 5.74) is -0.500. The zero-order chi connectivity index (χ0) is 20.7. The molecule has 0 aromatic carbocycles. The molecule has 0 unspecified atom stereocenters. The third kappa shape index (κ3) is 953. The summed E-state index contributed by atoms with van der Waals surface area (Å²) >= 11 is 0. The molecular weight excluding hydrogens is 7550 g/mol. The molecule has 0 nitrogen and oxygen atoms in total. The Balaban J connectivity index is -0.000000000261. The van der Waals surface area contributed by atoms with Gasteiger partial charge in [-0.1, -0.05) is 122 Å². The third-order valence-corrected chi connectivity index (χ3v) is 0. The van der Waals surface area contributed by atoms with E-state index in [0.717, 1.165) is 0 Å². The molecule has 0 aliphatic rings. The summed E-state index contributed by atoms with van der Waals surface area (Å²) in [6, 6.07) is 0. The van der Waals surface area contributed by atoms with E-state index in [2.05, 4.69) is 111 Å². The van der Waals surface area contributed by atoms with Crippen LogP contribution in [0.15, 0.2) is 0 Å². The number of hydrogen-bond acceptors (Lipinski definition) is 0. The smallest absolute Gasteiger partial charge is 0 e. The average molecular weight is 7620 g/mol. The first-order valence-electron chi connectivity index (χ1n) is 9.90. The van der Waals surface area contributed by atoms with Crippen LogP contribution in [0.3, 0.4) is 0 Å². The van der Waals surface area contributed by atoms with Gasteiger partial charge in [-0.05, 0) is 0 Å². The fourth-order valence-corrected chi connectivity index (χ4v) is 0. The standard InChI is InChI=1S/C5H8.6C3H8.6CH3.81Y/c1-5(2,3)4;6*1-3-2;;;;;;;;;;;;;;;;;;;;;;;;;;;;;;;;;;;;;;;;;;;;;;;;;;;;;;;;;;;;;;;;;;;;;;;;;;;;;;;;;;;;;;;/h1-4H2;6*3H2,1-2H3;6*1H3;;;;;;;;;;;;;;;;;;;;;;;;;;;;;;;;;;;;;;;;;;;;;;;;;;;;;;;;;;;;;;;;;;;;;;;;;;;;;;;;;/q-4;;;;;;;6*-1;;;;;;;;;;;;;;;;;;;;;;;;;;;;;;;;;;;;;;;;;;;;;;;;;;;;;;;;;;;;;;;;;;;;;;;;;;;;;;;;;. The second kappa shape index (κ2) is 752. The average Bonchev–Trinajstić information content (AvgIpc) is 2.31. The van der Waals surface area contributed by atoms with Gasteiger partial charge >= 0.3 is 0 Å². The minimum Gasteiger partial charge on any atom is -0.584 e. The van der Waals surface area contributed by atoms with Crippen molar-refractivity contribution in [3.63, 3.8) is 0 Å². The Bertz CT molecular complexity index is 147. The first-order chi connectivity index (χ1) is 10.5. The molecule has 0 aromatic heterocycles. The van der Waals surface area contributed by atoms with Crippen LogP contribution in [0.25, 0.3) is 0 Å². The summed E-state index contributed by atoms with van der Waals surface area (Å²) in [6.07, 6.45) is 7.50. The van der Waals surface area contributed by atoms with Crippen LogP contribution < -0.4 is 0 Å². The summed E-state index contributed by atoms with van der Waals surface area (Å²) in [7, 11) is 0. The van der Waals surface area contributed by atoms with E-state index in [0.29, 0.717) is 0 Å². The van der Waals surface area contributed by atoms with Crippen LogP contribution in [0.1, 0.15) is 122 Å². The van der Waals surface area contributed by atoms with Crippen molar-refractivity contribution in [2.45, 2.75) is 122 Å². The molecule has 0 amide bonds. The molecule has 443 valence electrons. The molecule has 0 saturated carbocycles. The molecule has 0 rings (SSSR count). The fraction of sp³-hybridized carbons (Fsp3) is 0.655. The van der Waals surface area contributed by atoms with Crippen LogP contribution in [0.5, 0.6) is 0 Å². The van der Waals surface area contributed by atoms with Gasteiger partial charge in [-0.3, -0.25) is 0 Å². The maximum Gasteiger partial charge on any atom is 0 e. The van der Waals surface area contributed by atoms with E-state index in [9.17, 15) is 0 Å². The van der Waals surface area contributed by atoms with Crippen LogP contribution >= 0.6 is 0 Å². The summed E-state index contributed by atoms with van der Waals surface area (Å²) < 4.78 is 0. The Hall–Kier alpha value is 89.4. The molecule has 81 radical (unpaired) electrons. The van der Waals surface area contributed by atoms with E-state index in [4.69, 9.17) is 0 Å². The zero-order valence-electron chi connectivity index (χ0n) is 72.3. The van der Waals surface area contributed by atoms with Crippen molar-refractivity contribution in [2.24, 2.45) is 5.41 Å². The summed E-state index contributed by atoms with van der Waals surface area (Å²) in [5, 5.41) is 0. The molecule has 0 fully saturated rings. The van der Waals surface area contributed by atoms with Crippen LogP contribution in [-0.4, -0.2) is 0 Å². The first-order valence-corrected chi connectivity index (χ1v) is 9.90. The second-order valence-corrected chi connectivity index (χ2v) is 5.74. The zero-order valence-corrected chi connectivity index (χ0v) is 302. The molecule has 0 aliphatic carbocycles. The molecular formula is C29H74Y81-10. The summed E-state index contributed by atoms with van der Waals surface area (Å²) in [6.45, 7) is 39.2. The Morgan fingerprint density at radius 2 is 0.0909 bits per heavy atom. The predicted octanol–water partition coefficient (Wildman–Crippen LogP) is 12.3. The van der Waals surface area contributed by atoms with Crippen LogP contribution in [-0.2, 0) is 2650 Å². The quantitative estimate of drug-likeness (QED) is 0.212. The van der Waals surface area contributed by atoms with E-state index >= 15 is 0 Å². The van der Waals surface area contributed by atoms with Crippen LogP contribution in [0.2, 0.25) is 0 Å². The minimum absolute atomic E-state index is 0. The molecule has 0 aliphatic heterocycles. The van der Waals surface area contributed by atoms with Crippen molar-refractivity contribution in [3.8, 4) is 0 Å². The Labute approximate surface area is 2740 Å². The normalized spacial score (nSPS) is 1.53. The van der Waals surface area contributed by atoms with Gasteiger partial charge in [-0.2, -0.15) is 0 Å². The molecule has 0 saturated heterocycles. The van der Waals surface area contributed by atoms with Crippen LogP contribution in [0.4, 0.5) is 0 Å². The molecule has 0 aromatic rings. The van der Waals surface area contributed by atoms with Crippen molar-refractivity contribution in [1.82, 2.24) is 0 Å².